The number of phosphoric acid groups is 1. The number of carbonyl (C=O) groups is 2. The van der Waals surface area contributed by atoms with Crippen LogP contribution in [0.4, 0.5) is 0 Å². The van der Waals surface area contributed by atoms with Crippen LogP contribution in [0.3, 0.4) is 0 Å². The lowest BCUT2D eigenvalue weighted by molar-refractivity contribution is -0.870. The number of hydrogen-bond donors (Lipinski definition) is 1. The molecular formula is C63H113N2O7P. The molecule has 0 spiro atoms. The van der Waals surface area contributed by atoms with Gasteiger partial charge in [-0.05, 0) is 96.0 Å². The van der Waals surface area contributed by atoms with Crippen LogP contribution in [0, 0.1) is 0 Å². The number of amides is 1. The van der Waals surface area contributed by atoms with E-state index in [2.05, 4.69) is 99.0 Å². The fourth-order valence-corrected chi connectivity index (χ4v) is 8.92. The molecule has 0 saturated carbocycles. The number of nitrogens with zero attached hydrogens (tertiary/aromatic N) is 1. The quantitative estimate of drug-likeness (QED) is 0.0212. The summed E-state index contributed by atoms with van der Waals surface area (Å²) in [5, 5.41) is 2.99. The molecule has 0 heterocycles. The average Bonchev–Trinajstić information content (AvgIpc) is 3.35. The van der Waals surface area contributed by atoms with E-state index in [0.29, 0.717) is 23.9 Å². The number of nitrogens with one attached hydrogen (secondary N) is 1. The molecule has 10 heteroatoms. The van der Waals surface area contributed by atoms with Crippen molar-refractivity contribution < 1.29 is 37.3 Å². The Labute approximate surface area is 450 Å². The number of esters is 1. The summed E-state index contributed by atoms with van der Waals surface area (Å²) in [6.45, 7) is 6.68. The molecule has 422 valence electrons. The third-order valence-corrected chi connectivity index (χ3v) is 13.8. The fourth-order valence-electron chi connectivity index (χ4n) is 8.20. The van der Waals surface area contributed by atoms with Gasteiger partial charge in [-0.25, -0.2) is 0 Å². The molecule has 0 radical (unpaired) electrons. The summed E-state index contributed by atoms with van der Waals surface area (Å²) >= 11 is 0. The largest absolute Gasteiger partial charge is 0.756 e. The maximum atomic E-state index is 13.5. The second-order valence-electron chi connectivity index (χ2n) is 21.1. The summed E-state index contributed by atoms with van der Waals surface area (Å²) in [4.78, 5) is 39.9. The number of carbonyl (C=O) groups excluding carboxylic acids is 2. The van der Waals surface area contributed by atoms with Crippen LogP contribution in [0.1, 0.15) is 252 Å². The molecule has 3 unspecified atom stereocenters. The van der Waals surface area contributed by atoms with E-state index >= 15 is 0 Å². The molecule has 0 fully saturated rings. The van der Waals surface area contributed by atoms with Crippen molar-refractivity contribution in [1.82, 2.24) is 5.32 Å². The molecule has 0 aromatic carbocycles. The van der Waals surface area contributed by atoms with Crippen LogP contribution < -0.4 is 10.2 Å². The summed E-state index contributed by atoms with van der Waals surface area (Å²) in [7, 11) is 1.14. The SMILES string of the molecule is CC/C=C\C/C=C\C/C=C\C/C=C\C/C=C\CCCC(=O)NC(COP(=O)([O-])OCC[N+](C)(C)C)C(/C=C/CCCCCCCCCCCCC)OC(=O)CCCCCCCCC/C=C/CCCCCCCC. The van der Waals surface area contributed by atoms with Crippen LogP contribution in [0.2, 0.25) is 0 Å². The van der Waals surface area contributed by atoms with Gasteiger partial charge in [0, 0.05) is 12.8 Å². The molecule has 0 saturated heterocycles. The highest BCUT2D eigenvalue weighted by atomic mass is 31.2. The van der Waals surface area contributed by atoms with E-state index in [1.54, 1.807) is 0 Å². The lowest BCUT2D eigenvalue weighted by Gasteiger charge is -2.30. The molecule has 1 amide bonds. The van der Waals surface area contributed by atoms with Crippen molar-refractivity contribution >= 4 is 19.7 Å². The highest BCUT2D eigenvalue weighted by molar-refractivity contribution is 7.45. The number of quaternary nitrogens is 1. The summed E-state index contributed by atoms with van der Waals surface area (Å²) in [5.74, 6) is -0.615. The maximum Gasteiger partial charge on any atom is 0.306 e. The Morgan fingerprint density at radius 1 is 0.493 bits per heavy atom. The summed E-state index contributed by atoms with van der Waals surface area (Å²) < 4.78 is 30.2. The van der Waals surface area contributed by atoms with Gasteiger partial charge < -0.3 is 28.5 Å². The Morgan fingerprint density at radius 2 is 0.890 bits per heavy atom. The van der Waals surface area contributed by atoms with Crippen molar-refractivity contribution in [3.63, 3.8) is 0 Å². The first-order chi connectivity index (χ1) is 35.4. The van der Waals surface area contributed by atoms with Gasteiger partial charge in [-0.1, -0.05) is 228 Å². The number of likely N-dealkylation sites (N-methyl/N-ethyl adjacent to an activating group) is 1. The Kier molecular flexibility index (Phi) is 50.6. The Balaban J connectivity index is 5.43. The van der Waals surface area contributed by atoms with E-state index < -0.39 is 26.6 Å². The van der Waals surface area contributed by atoms with E-state index in [1.807, 2.05) is 33.3 Å². The summed E-state index contributed by atoms with van der Waals surface area (Å²) in [6.07, 6.45) is 68.4. The first kappa shape index (κ1) is 70.2. The van der Waals surface area contributed by atoms with Crippen molar-refractivity contribution in [3.8, 4) is 0 Å². The minimum absolute atomic E-state index is 0.0366. The van der Waals surface area contributed by atoms with Crippen LogP contribution in [-0.2, 0) is 27.9 Å². The van der Waals surface area contributed by atoms with E-state index in [4.69, 9.17) is 13.8 Å². The van der Waals surface area contributed by atoms with Gasteiger partial charge in [0.2, 0.25) is 5.91 Å². The molecule has 1 N–H and O–H groups in total. The first-order valence-electron chi connectivity index (χ1n) is 29.9. The first-order valence-corrected chi connectivity index (χ1v) is 31.4. The second kappa shape index (κ2) is 52.6. The number of hydrogen-bond acceptors (Lipinski definition) is 7. The molecule has 9 nitrogen and oxygen atoms in total. The average molecular weight is 1040 g/mol. The van der Waals surface area contributed by atoms with E-state index in [9.17, 15) is 19.0 Å². The van der Waals surface area contributed by atoms with Crippen LogP contribution >= 0.6 is 7.82 Å². The molecule has 0 aliphatic carbocycles. The number of allylic oxidation sites excluding steroid dienone is 13. The van der Waals surface area contributed by atoms with Gasteiger partial charge in [0.1, 0.15) is 19.3 Å². The lowest BCUT2D eigenvalue weighted by Crippen LogP contribution is -2.47. The third kappa shape index (κ3) is 53.8. The van der Waals surface area contributed by atoms with Crippen LogP contribution in [0.25, 0.3) is 0 Å². The monoisotopic (exact) mass is 1040 g/mol. The zero-order valence-electron chi connectivity index (χ0n) is 48.1. The van der Waals surface area contributed by atoms with Crippen LogP contribution in [0.15, 0.2) is 85.1 Å². The van der Waals surface area contributed by atoms with Crippen LogP contribution in [0.5, 0.6) is 0 Å². The molecule has 0 aliphatic heterocycles. The molecule has 0 aliphatic rings. The zero-order chi connectivity index (χ0) is 53.6. The smallest absolute Gasteiger partial charge is 0.306 e. The molecule has 0 rings (SSSR count). The van der Waals surface area contributed by atoms with Gasteiger partial charge >= 0.3 is 5.97 Å². The Morgan fingerprint density at radius 3 is 1.36 bits per heavy atom. The van der Waals surface area contributed by atoms with Crippen molar-refractivity contribution in [2.75, 3.05) is 40.9 Å². The van der Waals surface area contributed by atoms with Crippen molar-refractivity contribution in [2.24, 2.45) is 0 Å². The molecule has 73 heavy (non-hydrogen) atoms. The maximum absolute atomic E-state index is 13.5. The second-order valence-corrected chi connectivity index (χ2v) is 22.5. The van der Waals surface area contributed by atoms with Gasteiger partial charge in [0.05, 0.1) is 33.8 Å². The van der Waals surface area contributed by atoms with Gasteiger partial charge in [-0.2, -0.15) is 0 Å². The molecule has 3 atom stereocenters. The number of unbranched alkanes of at least 4 members (excludes halogenated alkanes) is 25. The molecule has 0 bridgehead atoms. The number of phosphoric ester groups is 1. The predicted molar refractivity (Wildman–Crippen MR) is 311 cm³/mol. The highest BCUT2D eigenvalue weighted by Crippen LogP contribution is 2.38. The number of rotatable bonds is 53. The van der Waals surface area contributed by atoms with Crippen LogP contribution in [-0.4, -0.2) is 69.4 Å². The zero-order valence-corrected chi connectivity index (χ0v) is 49.0. The van der Waals surface area contributed by atoms with Gasteiger partial charge in [-0.15, -0.1) is 0 Å². The molecule has 0 aromatic rings. The predicted octanol–water partition coefficient (Wildman–Crippen LogP) is 17.6. The Bertz CT molecular complexity index is 1530. The van der Waals surface area contributed by atoms with Crippen molar-refractivity contribution in [2.45, 2.75) is 264 Å². The summed E-state index contributed by atoms with van der Waals surface area (Å²) in [5.41, 5.74) is 0. The standard InChI is InChI=1S/C63H113N2O7P/c1-7-10-13-16-19-22-25-28-30-32-34-37-40-43-46-49-52-55-62(66)64-60(59-71-73(68,69)70-58-57-65(4,5)6)61(54-51-48-45-42-39-36-27-24-21-18-15-12-9-3)72-63(67)56-53-50-47-44-41-38-35-33-31-29-26-23-20-17-14-11-8-2/h10,13,19,22,28-31,34,37,43,46,51,54,60-61H,7-9,11-12,14-18,20-21,23-27,32-33,35-36,38-42,44-45,47-50,52-53,55-59H2,1-6H3,(H-,64,66,68,69)/b13-10-,22-19-,30-28-,31-29+,37-34-,46-43-,54-51+. The van der Waals surface area contributed by atoms with Gasteiger partial charge in [0.15, 0.2) is 0 Å². The minimum atomic E-state index is -4.72. The molecular weight excluding hydrogens is 928 g/mol. The normalized spacial score (nSPS) is 14.3. The third-order valence-electron chi connectivity index (χ3n) is 12.8. The van der Waals surface area contributed by atoms with E-state index in [1.165, 1.54) is 122 Å². The topological polar surface area (TPSA) is 114 Å². The fraction of sp³-hybridized carbons (Fsp3) is 0.746. The van der Waals surface area contributed by atoms with Gasteiger partial charge in [0.25, 0.3) is 7.82 Å². The Hall–Kier alpha value is -2.81. The van der Waals surface area contributed by atoms with E-state index in [-0.39, 0.29) is 31.3 Å². The molecule has 0 aromatic heterocycles. The highest BCUT2D eigenvalue weighted by Gasteiger charge is 2.27. The van der Waals surface area contributed by atoms with E-state index in [0.717, 1.165) is 83.5 Å². The lowest BCUT2D eigenvalue weighted by atomic mass is 10.0. The van der Waals surface area contributed by atoms with Gasteiger partial charge in [-0.3, -0.25) is 14.2 Å². The van der Waals surface area contributed by atoms with Crippen molar-refractivity contribution in [1.29, 1.82) is 0 Å². The minimum Gasteiger partial charge on any atom is -0.756 e. The van der Waals surface area contributed by atoms with Crippen molar-refractivity contribution in [3.05, 3.63) is 85.1 Å². The summed E-state index contributed by atoms with van der Waals surface area (Å²) in [6, 6.07) is -0.923. The number of ether oxygens (including phenoxy) is 1.